The van der Waals surface area contributed by atoms with E-state index in [2.05, 4.69) is 5.10 Å². The fraction of sp³-hybridized carbons (Fsp3) is 0.412. The number of carbonyl (C=O) groups excluding carboxylic acids is 1. The molecule has 154 valence electrons. The van der Waals surface area contributed by atoms with Crippen molar-refractivity contribution < 1.29 is 17.9 Å². The van der Waals surface area contributed by atoms with Crippen LogP contribution in [0.2, 0.25) is 15.2 Å². The number of carbonyl (C=O) groups is 1. The fourth-order valence-electron chi connectivity index (χ4n) is 2.62. The predicted octanol–water partition coefficient (Wildman–Crippen LogP) is 4.09. The minimum absolute atomic E-state index is 0.0182. The van der Waals surface area contributed by atoms with Crippen molar-refractivity contribution in [1.29, 1.82) is 0 Å². The van der Waals surface area contributed by atoms with Crippen LogP contribution >= 0.6 is 34.8 Å². The van der Waals surface area contributed by atoms with Gasteiger partial charge in [0.15, 0.2) is 0 Å². The normalized spacial score (nSPS) is 11.5. The first-order chi connectivity index (χ1) is 13.1. The minimum Gasteiger partial charge on any atom is -0.492 e. The average Bonchev–Trinajstić information content (AvgIpc) is 2.86. The molecule has 0 N–H and O–H groups in total. The Kier molecular flexibility index (Phi) is 7.61. The Bertz CT molecular complexity index is 976. The van der Waals surface area contributed by atoms with Crippen LogP contribution in [-0.4, -0.2) is 41.6 Å². The maximum atomic E-state index is 12.9. The smallest absolute Gasteiger partial charge is 0.271 e. The highest BCUT2D eigenvalue weighted by atomic mass is 35.5. The van der Waals surface area contributed by atoms with Gasteiger partial charge in [-0.2, -0.15) is 5.10 Å². The molecule has 0 saturated carbocycles. The fourth-order valence-corrected chi connectivity index (χ4v) is 5.23. The highest BCUT2D eigenvalue weighted by Gasteiger charge is 2.33. The number of aryl methyl sites for hydroxylation is 2. The summed E-state index contributed by atoms with van der Waals surface area (Å²) in [7, 11) is -2.57. The van der Waals surface area contributed by atoms with Gasteiger partial charge in [0.2, 0.25) is 5.91 Å². The third-order valence-corrected chi connectivity index (χ3v) is 7.02. The summed E-state index contributed by atoms with van der Waals surface area (Å²) in [6.07, 6.45) is 0.290. The van der Waals surface area contributed by atoms with Crippen LogP contribution in [0.1, 0.15) is 25.5 Å². The summed E-state index contributed by atoms with van der Waals surface area (Å²) in [6.45, 7) is 3.28. The number of hydrogen-bond acceptors (Lipinski definition) is 5. The Morgan fingerprint density at radius 3 is 2.50 bits per heavy atom. The lowest BCUT2D eigenvalue weighted by Crippen LogP contribution is -2.37. The van der Waals surface area contributed by atoms with Crippen LogP contribution < -0.4 is 4.74 Å². The van der Waals surface area contributed by atoms with Crippen LogP contribution in [0, 0.1) is 6.92 Å². The van der Waals surface area contributed by atoms with E-state index in [1.165, 1.54) is 18.7 Å². The largest absolute Gasteiger partial charge is 0.492 e. The lowest BCUT2D eigenvalue weighted by molar-refractivity contribution is -0.126. The van der Waals surface area contributed by atoms with E-state index in [4.69, 9.17) is 39.5 Å². The maximum absolute atomic E-state index is 12.9. The minimum atomic E-state index is -4.10. The molecule has 0 bridgehead atoms. The number of aromatic nitrogens is 2. The van der Waals surface area contributed by atoms with Crippen molar-refractivity contribution in [3.63, 3.8) is 0 Å². The second-order valence-electron chi connectivity index (χ2n) is 5.92. The molecule has 0 fully saturated rings. The van der Waals surface area contributed by atoms with Crippen molar-refractivity contribution in [3.8, 4) is 5.75 Å². The maximum Gasteiger partial charge on any atom is 0.271 e. The van der Waals surface area contributed by atoms with Gasteiger partial charge in [0.05, 0.1) is 17.3 Å². The highest BCUT2D eigenvalue weighted by Crippen LogP contribution is 2.29. The molecule has 0 saturated heterocycles. The molecule has 0 spiro atoms. The van der Waals surface area contributed by atoms with E-state index in [0.717, 1.165) is 4.31 Å². The number of amides is 1. The molecule has 1 heterocycles. The molecule has 1 aromatic carbocycles. The number of rotatable bonds is 8. The lowest BCUT2D eigenvalue weighted by Gasteiger charge is -2.21. The summed E-state index contributed by atoms with van der Waals surface area (Å²) in [5.41, 5.74) is 0.236. The molecule has 1 amide bonds. The second kappa shape index (κ2) is 9.35. The molecule has 2 rings (SSSR count). The summed E-state index contributed by atoms with van der Waals surface area (Å²) in [5, 5.41) is 4.81. The average molecular weight is 469 g/mol. The standard InChI is InChI=1S/C17H20Cl3N3O4S/c1-4-23(28(25,26)16-11(2)21-22(3)17(16)20)15(24)6-5-9-27-14-8-7-12(18)10-13(14)19/h7-8,10H,4-6,9H2,1-3H3. The Morgan fingerprint density at radius 1 is 1.29 bits per heavy atom. The van der Waals surface area contributed by atoms with Gasteiger partial charge >= 0.3 is 0 Å². The van der Waals surface area contributed by atoms with Gasteiger partial charge < -0.3 is 4.74 Å². The van der Waals surface area contributed by atoms with Crippen molar-refractivity contribution in [1.82, 2.24) is 14.1 Å². The zero-order valence-electron chi connectivity index (χ0n) is 15.6. The van der Waals surface area contributed by atoms with Crippen LogP contribution in [-0.2, 0) is 21.9 Å². The van der Waals surface area contributed by atoms with Crippen molar-refractivity contribution in [3.05, 3.63) is 39.1 Å². The molecule has 0 aliphatic heterocycles. The Hall–Kier alpha value is -1.48. The molecule has 11 heteroatoms. The predicted molar refractivity (Wildman–Crippen MR) is 109 cm³/mol. The summed E-state index contributed by atoms with van der Waals surface area (Å²) in [4.78, 5) is 12.4. The number of halogens is 3. The zero-order chi connectivity index (χ0) is 21.1. The molecule has 0 unspecified atom stereocenters. The molecule has 28 heavy (non-hydrogen) atoms. The number of ether oxygens (including phenoxy) is 1. The van der Waals surface area contributed by atoms with Crippen LogP contribution in [0.5, 0.6) is 5.75 Å². The van der Waals surface area contributed by atoms with Gasteiger partial charge in [0, 0.05) is 25.0 Å². The SMILES string of the molecule is CCN(C(=O)CCCOc1ccc(Cl)cc1Cl)S(=O)(=O)c1c(C)nn(C)c1Cl. The number of sulfonamides is 1. The first kappa shape index (κ1) is 22.8. The molecule has 2 aromatic rings. The molecule has 0 aliphatic rings. The number of hydrogen-bond donors (Lipinski definition) is 0. The molecular weight excluding hydrogens is 449 g/mol. The summed E-state index contributed by atoms with van der Waals surface area (Å²) in [6, 6.07) is 4.82. The van der Waals surface area contributed by atoms with Crippen LogP contribution in [0.15, 0.2) is 23.1 Å². The van der Waals surface area contributed by atoms with E-state index in [1.807, 2.05) is 0 Å². The topological polar surface area (TPSA) is 81.5 Å². The van der Waals surface area contributed by atoms with E-state index < -0.39 is 15.9 Å². The van der Waals surface area contributed by atoms with Crippen LogP contribution in [0.4, 0.5) is 0 Å². The van der Waals surface area contributed by atoms with Gasteiger partial charge in [-0.1, -0.05) is 34.8 Å². The van der Waals surface area contributed by atoms with Gasteiger partial charge in [-0.05, 0) is 38.5 Å². The number of nitrogens with zero attached hydrogens (tertiary/aromatic N) is 3. The van der Waals surface area contributed by atoms with E-state index in [0.29, 0.717) is 22.2 Å². The molecular formula is C17H20Cl3N3O4S. The lowest BCUT2D eigenvalue weighted by atomic mass is 10.3. The van der Waals surface area contributed by atoms with Gasteiger partial charge in [0.1, 0.15) is 15.8 Å². The second-order valence-corrected chi connectivity index (χ2v) is 8.92. The summed E-state index contributed by atoms with van der Waals surface area (Å²) >= 11 is 17.9. The Balaban J connectivity index is 2.03. The molecule has 1 aromatic heterocycles. The summed E-state index contributed by atoms with van der Waals surface area (Å²) < 4.78 is 33.4. The quantitative estimate of drug-likeness (QED) is 0.545. The molecule has 7 nitrogen and oxygen atoms in total. The number of benzene rings is 1. The van der Waals surface area contributed by atoms with E-state index in [-0.39, 0.29) is 35.3 Å². The van der Waals surface area contributed by atoms with Crippen LogP contribution in [0.25, 0.3) is 0 Å². The van der Waals surface area contributed by atoms with E-state index in [1.54, 1.807) is 25.1 Å². The first-order valence-corrected chi connectivity index (χ1v) is 11.0. The van der Waals surface area contributed by atoms with Crippen molar-refractivity contribution in [2.75, 3.05) is 13.2 Å². The third kappa shape index (κ3) is 4.92. The first-order valence-electron chi connectivity index (χ1n) is 8.42. The zero-order valence-corrected chi connectivity index (χ0v) is 18.7. The van der Waals surface area contributed by atoms with Gasteiger partial charge in [-0.3, -0.25) is 9.48 Å². The molecule has 0 atom stereocenters. The summed E-state index contributed by atoms with van der Waals surface area (Å²) in [5.74, 6) is -0.108. The molecule has 0 radical (unpaired) electrons. The van der Waals surface area contributed by atoms with Gasteiger partial charge in [0.25, 0.3) is 10.0 Å². The van der Waals surface area contributed by atoms with Crippen molar-refractivity contribution in [2.24, 2.45) is 7.05 Å². The van der Waals surface area contributed by atoms with E-state index in [9.17, 15) is 13.2 Å². The van der Waals surface area contributed by atoms with Crippen LogP contribution in [0.3, 0.4) is 0 Å². The third-order valence-electron chi connectivity index (χ3n) is 3.90. The van der Waals surface area contributed by atoms with Gasteiger partial charge in [-0.25, -0.2) is 12.7 Å². The Morgan fingerprint density at radius 2 is 1.96 bits per heavy atom. The monoisotopic (exact) mass is 467 g/mol. The Labute approximate surface area is 179 Å². The highest BCUT2D eigenvalue weighted by molar-refractivity contribution is 7.89. The molecule has 0 aliphatic carbocycles. The van der Waals surface area contributed by atoms with Crippen molar-refractivity contribution in [2.45, 2.75) is 31.6 Å². The van der Waals surface area contributed by atoms with Crippen molar-refractivity contribution >= 4 is 50.7 Å². The van der Waals surface area contributed by atoms with E-state index >= 15 is 0 Å². The van der Waals surface area contributed by atoms with Gasteiger partial charge in [-0.15, -0.1) is 0 Å².